The van der Waals surface area contributed by atoms with Crippen LogP contribution in [0.25, 0.3) is 16.8 Å². The molecule has 0 saturated carbocycles. The molecule has 2 heterocycles. The molecule has 8 nitrogen and oxygen atoms in total. The standard InChI is InChI=1S/C27H24F7N5O3/c1-11-8-38(9-12(2)37(11)3)18-7-17(28)20(13-4-5-14(25(35)41)22(30)21(13)29)23(31)24(18)39-10-15(26(36)42)16(6-19(39)40)27(32,33)34/h4-7,10-12H,8-9H2,1-3H3,(H2,35,41)(H2,36,42)/t11-,12+. The molecule has 0 spiro atoms. The summed E-state index contributed by atoms with van der Waals surface area (Å²) in [7, 11) is 1.81. The van der Waals surface area contributed by atoms with Crippen molar-refractivity contribution < 1.29 is 40.3 Å². The van der Waals surface area contributed by atoms with E-state index >= 15 is 13.2 Å². The summed E-state index contributed by atoms with van der Waals surface area (Å²) in [6.07, 6.45) is -4.82. The molecular formula is C27H24F7N5O3. The van der Waals surface area contributed by atoms with E-state index in [1.165, 1.54) is 4.90 Å². The number of hydrogen-bond donors (Lipinski definition) is 2. The second kappa shape index (κ2) is 10.8. The molecule has 1 aromatic heterocycles. The molecule has 1 aliphatic rings. The smallest absolute Gasteiger partial charge is 0.367 e. The lowest BCUT2D eigenvalue weighted by atomic mass is 9.98. The molecule has 224 valence electrons. The highest BCUT2D eigenvalue weighted by molar-refractivity contribution is 5.95. The van der Waals surface area contributed by atoms with Crippen LogP contribution >= 0.6 is 0 Å². The van der Waals surface area contributed by atoms with Crippen LogP contribution in [0.5, 0.6) is 0 Å². The number of benzene rings is 2. The number of piperazine rings is 1. The molecular weight excluding hydrogens is 575 g/mol. The lowest BCUT2D eigenvalue weighted by Crippen LogP contribution is -2.55. The van der Waals surface area contributed by atoms with E-state index in [9.17, 15) is 31.9 Å². The zero-order valence-electron chi connectivity index (χ0n) is 22.3. The number of carbonyl (C=O) groups excluding carboxylic acids is 2. The predicted molar refractivity (Wildman–Crippen MR) is 138 cm³/mol. The number of rotatable bonds is 5. The predicted octanol–water partition coefficient (Wildman–Crippen LogP) is 3.81. The van der Waals surface area contributed by atoms with Crippen LogP contribution in [0.15, 0.2) is 35.3 Å². The van der Waals surface area contributed by atoms with Crippen molar-refractivity contribution in [1.82, 2.24) is 9.47 Å². The van der Waals surface area contributed by atoms with Gasteiger partial charge in [-0.1, -0.05) is 6.07 Å². The summed E-state index contributed by atoms with van der Waals surface area (Å²) in [6.45, 7) is 3.88. The Hall–Kier alpha value is -4.40. The number of aromatic nitrogens is 1. The summed E-state index contributed by atoms with van der Waals surface area (Å²) in [5.74, 6) is -9.67. The molecule has 2 amide bonds. The van der Waals surface area contributed by atoms with Gasteiger partial charge in [0.1, 0.15) is 11.5 Å². The van der Waals surface area contributed by atoms with E-state index in [4.69, 9.17) is 11.5 Å². The van der Waals surface area contributed by atoms with E-state index < -0.39 is 80.3 Å². The summed E-state index contributed by atoms with van der Waals surface area (Å²) in [4.78, 5) is 39.9. The van der Waals surface area contributed by atoms with Gasteiger partial charge in [0, 0.05) is 49.1 Å². The molecule has 4 N–H and O–H groups in total. The van der Waals surface area contributed by atoms with E-state index in [1.807, 2.05) is 11.9 Å². The maximum atomic E-state index is 16.5. The zero-order chi connectivity index (χ0) is 31.4. The van der Waals surface area contributed by atoms with Gasteiger partial charge in [-0.2, -0.15) is 13.2 Å². The van der Waals surface area contributed by atoms with Crippen LogP contribution in [0.4, 0.5) is 36.4 Å². The monoisotopic (exact) mass is 599 g/mol. The highest BCUT2D eigenvalue weighted by Gasteiger charge is 2.37. The first-order valence-corrected chi connectivity index (χ1v) is 12.4. The van der Waals surface area contributed by atoms with Crippen LogP contribution in [0, 0.1) is 23.3 Å². The van der Waals surface area contributed by atoms with Crippen LogP contribution in [0.1, 0.15) is 40.1 Å². The topological polar surface area (TPSA) is 115 Å². The fourth-order valence-corrected chi connectivity index (χ4v) is 4.99. The van der Waals surface area contributed by atoms with Crippen molar-refractivity contribution in [3.8, 4) is 16.8 Å². The summed E-state index contributed by atoms with van der Waals surface area (Å²) >= 11 is 0. The molecule has 0 aliphatic carbocycles. The van der Waals surface area contributed by atoms with Crippen molar-refractivity contribution in [2.75, 3.05) is 25.0 Å². The summed E-state index contributed by atoms with van der Waals surface area (Å²) in [5.41, 5.74) is 1.55. The summed E-state index contributed by atoms with van der Waals surface area (Å²) in [6, 6.07) is 1.74. The minimum absolute atomic E-state index is 0.0312. The molecule has 2 aromatic carbocycles. The largest absolute Gasteiger partial charge is 0.417 e. The SMILES string of the molecule is C[C@@H]1CN(c2cc(F)c(-c3ccc(C(N)=O)c(F)c3F)c(F)c2-n2cc(C(N)=O)c(C(F)(F)F)cc2=O)C[C@H](C)N1C. The molecule has 4 rings (SSSR count). The van der Waals surface area contributed by atoms with E-state index in [0.717, 1.165) is 6.07 Å². The molecule has 0 bridgehead atoms. The van der Waals surface area contributed by atoms with Gasteiger partial charge in [-0.25, -0.2) is 17.6 Å². The molecule has 0 unspecified atom stereocenters. The number of nitrogens with two attached hydrogens (primary N) is 2. The van der Waals surface area contributed by atoms with Crippen molar-refractivity contribution >= 4 is 17.5 Å². The molecule has 42 heavy (non-hydrogen) atoms. The van der Waals surface area contributed by atoms with Gasteiger partial charge in [0.05, 0.1) is 27.9 Å². The van der Waals surface area contributed by atoms with Crippen molar-refractivity contribution in [3.05, 3.63) is 80.8 Å². The number of halogens is 7. The lowest BCUT2D eigenvalue weighted by Gasteiger charge is -2.44. The minimum atomic E-state index is -5.19. The Kier molecular flexibility index (Phi) is 7.84. The molecule has 1 aliphatic heterocycles. The fourth-order valence-electron chi connectivity index (χ4n) is 4.99. The first-order valence-electron chi connectivity index (χ1n) is 12.4. The second-order valence-corrected chi connectivity index (χ2v) is 10.0. The Morgan fingerprint density at radius 3 is 1.98 bits per heavy atom. The number of likely N-dealkylation sites (N-methyl/N-ethyl adjacent to an activating group) is 1. The third-order valence-electron chi connectivity index (χ3n) is 7.36. The number of primary amides is 2. The van der Waals surface area contributed by atoms with E-state index in [0.29, 0.717) is 22.9 Å². The Bertz CT molecular complexity index is 1660. The average Bonchev–Trinajstić information content (AvgIpc) is 2.88. The van der Waals surface area contributed by atoms with E-state index in [1.54, 1.807) is 13.8 Å². The van der Waals surface area contributed by atoms with Gasteiger partial charge in [-0.15, -0.1) is 0 Å². The molecule has 1 saturated heterocycles. The number of alkyl halides is 3. The third kappa shape index (κ3) is 5.19. The van der Waals surface area contributed by atoms with Crippen molar-refractivity contribution in [2.45, 2.75) is 32.1 Å². The first-order chi connectivity index (χ1) is 19.4. The van der Waals surface area contributed by atoms with Crippen LogP contribution in [-0.2, 0) is 6.18 Å². The maximum absolute atomic E-state index is 16.5. The van der Waals surface area contributed by atoms with Gasteiger partial charge in [0.15, 0.2) is 17.5 Å². The summed E-state index contributed by atoms with van der Waals surface area (Å²) in [5, 5.41) is 0. The number of nitrogens with zero attached hydrogens (tertiary/aromatic N) is 3. The molecule has 1 fully saturated rings. The van der Waals surface area contributed by atoms with E-state index in [2.05, 4.69) is 0 Å². The minimum Gasteiger partial charge on any atom is -0.367 e. The molecule has 2 atom stereocenters. The van der Waals surface area contributed by atoms with Crippen LogP contribution in [0.3, 0.4) is 0 Å². The molecule has 3 aromatic rings. The Morgan fingerprint density at radius 2 is 1.45 bits per heavy atom. The van der Waals surface area contributed by atoms with Gasteiger partial charge in [0.25, 0.3) is 17.4 Å². The Labute approximate surface area is 233 Å². The number of hydrogen-bond acceptors (Lipinski definition) is 5. The fraction of sp³-hybridized carbons (Fsp3) is 0.296. The van der Waals surface area contributed by atoms with Crippen molar-refractivity contribution in [1.29, 1.82) is 0 Å². The number of carbonyl (C=O) groups is 2. The van der Waals surface area contributed by atoms with Crippen molar-refractivity contribution in [3.63, 3.8) is 0 Å². The van der Waals surface area contributed by atoms with Gasteiger partial charge < -0.3 is 16.4 Å². The van der Waals surface area contributed by atoms with Crippen molar-refractivity contribution in [2.24, 2.45) is 11.5 Å². The highest BCUT2D eigenvalue weighted by Crippen LogP contribution is 2.40. The van der Waals surface area contributed by atoms with E-state index in [-0.39, 0.29) is 36.9 Å². The van der Waals surface area contributed by atoms with Gasteiger partial charge >= 0.3 is 6.18 Å². The van der Waals surface area contributed by atoms with Gasteiger partial charge in [-0.3, -0.25) is 23.9 Å². The average molecular weight is 600 g/mol. The Morgan fingerprint density at radius 1 is 0.881 bits per heavy atom. The highest BCUT2D eigenvalue weighted by atomic mass is 19.4. The summed E-state index contributed by atoms with van der Waals surface area (Å²) < 4.78 is 103. The Balaban J connectivity index is 2.10. The quantitative estimate of drug-likeness (QED) is 0.433. The van der Waals surface area contributed by atoms with Crippen LogP contribution in [0.2, 0.25) is 0 Å². The van der Waals surface area contributed by atoms with Crippen LogP contribution < -0.4 is 21.9 Å². The third-order valence-corrected chi connectivity index (χ3v) is 7.36. The number of pyridine rings is 1. The normalized spacial score (nSPS) is 17.9. The molecule has 0 radical (unpaired) electrons. The first kappa shape index (κ1) is 30.6. The number of amides is 2. The maximum Gasteiger partial charge on any atom is 0.417 e. The van der Waals surface area contributed by atoms with Gasteiger partial charge in [-0.05, 0) is 27.0 Å². The van der Waals surface area contributed by atoms with Gasteiger partial charge in [0.2, 0.25) is 0 Å². The second-order valence-electron chi connectivity index (χ2n) is 10.0. The van der Waals surface area contributed by atoms with Crippen LogP contribution in [-0.4, -0.2) is 53.5 Å². The zero-order valence-corrected chi connectivity index (χ0v) is 22.3. The molecule has 15 heteroatoms. The number of anilines is 1. The lowest BCUT2D eigenvalue weighted by molar-refractivity contribution is -0.138.